The highest BCUT2D eigenvalue weighted by Crippen LogP contribution is 2.37. The number of fused-ring (bicyclic) bond motifs is 1. The van der Waals surface area contributed by atoms with E-state index in [0.717, 1.165) is 46.7 Å². The Morgan fingerprint density at radius 3 is 2.41 bits per heavy atom. The molecular weight excluding hydrogens is 535 g/mol. The molecular formula is C26H20F3N5O4S. The molecule has 0 fully saturated rings. The molecule has 0 saturated heterocycles. The molecule has 3 amide bonds. The molecule has 1 aliphatic heterocycles. The Bertz CT molecular complexity index is 1480. The third kappa shape index (κ3) is 6.44. The quantitative estimate of drug-likeness (QED) is 0.284. The summed E-state index contributed by atoms with van der Waals surface area (Å²) in [6.45, 7) is 0.137. The average Bonchev–Trinajstić information content (AvgIpc) is 3.58. The lowest BCUT2D eigenvalue weighted by atomic mass is 10.1. The van der Waals surface area contributed by atoms with Crippen LogP contribution in [0.4, 0.5) is 28.8 Å². The zero-order valence-electron chi connectivity index (χ0n) is 20.0. The number of aromatic nitrogens is 2. The average molecular weight is 556 g/mol. The van der Waals surface area contributed by atoms with Crippen LogP contribution in [-0.2, 0) is 17.4 Å². The van der Waals surface area contributed by atoms with Gasteiger partial charge in [0, 0.05) is 17.7 Å². The van der Waals surface area contributed by atoms with E-state index in [2.05, 4.69) is 26.1 Å². The number of carbonyl (C=O) groups excluding carboxylic acids is 2. The second-order valence-corrected chi connectivity index (χ2v) is 9.36. The van der Waals surface area contributed by atoms with Crippen LogP contribution in [0.25, 0.3) is 10.6 Å². The molecule has 0 aliphatic carbocycles. The Labute approximate surface area is 224 Å². The molecule has 0 saturated carbocycles. The fourth-order valence-corrected chi connectivity index (χ4v) is 4.48. The van der Waals surface area contributed by atoms with E-state index >= 15 is 0 Å². The van der Waals surface area contributed by atoms with Gasteiger partial charge in [0.05, 0.1) is 5.56 Å². The molecule has 1 atom stereocenters. The zero-order valence-corrected chi connectivity index (χ0v) is 20.8. The molecule has 0 unspecified atom stereocenters. The lowest BCUT2D eigenvalue weighted by molar-refractivity contribution is -0.137. The Morgan fingerprint density at radius 1 is 0.923 bits per heavy atom. The van der Waals surface area contributed by atoms with Crippen LogP contribution in [0.1, 0.15) is 11.1 Å². The summed E-state index contributed by atoms with van der Waals surface area (Å²) >= 11 is 1.14. The first-order chi connectivity index (χ1) is 18.7. The summed E-state index contributed by atoms with van der Waals surface area (Å²) in [6, 6.07) is 16.5. The number of urea groups is 1. The van der Waals surface area contributed by atoms with E-state index in [-0.39, 0.29) is 24.0 Å². The summed E-state index contributed by atoms with van der Waals surface area (Å²) in [5, 5.41) is 16.6. The van der Waals surface area contributed by atoms with Gasteiger partial charge in [0.1, 0.15) is 11.0 Å². The SMILES string of the molecule is O=C(Nc1ccc(C(F)(F)F)cc1)N[C@@H](Cc1ccccc1)C(=O)Nc1nnc(-c2ccc3c(c2)OCO3)s1. The number of rotatable bonds is 7. The van der Waals surface area contributed by atoms with Gasteiger partial charge in [0.2, 0.25) is 17.8 Å². The Balaban J connectivity index is 1.27. The van der Waals surface area contributed by atoms with E-state index in [1.165, 1.54) is 0 Å². The minimum absolute atomic E-state index is 0.136. The van der Waals surface area contributed by atoms with Crippen molar-refractivity contribution in [2.75, 3.05) is 17.4 Å². The summed E-state index contributed by atoms with van der Waals surface area (Å²) in [5.41, 5.74) is 0.807. The first-order valence-electron chi connectivity index (χ1n) is 11.6. The minimum Gasteiger partial charge on any atom is -0.454 e. The van der Waals surface area contributed by atoms with E-state index < -0.39 is 29.7 Å². The fourth-order valence-electron chi connectivity index (χ4n) is 3.74. The van der Waals surface area contributed by atoms with Gasteiger partial charge in [-0.05, 0) is 48.0 Å². The highest BCUT2D eigenvalue weighted by Gasteiger charge is 2.30. The number of carbonyl (C=O) groups is 2. The molecule has 39 heavy (non-hydrogen) atoms. The monoisotopic (exact) mass is 555 g/mol. The molecule has 3 N–H and O–H groups in total. The minimum atomic E-state index is -4.49. The maximum atomic E-state index is 13.2. The van der Waals surface area contributed by atoms with Crippen molar-refractivity contribution >= 4 is 34.1 Å². The number of nitrogens with one attached hydrogen (secondary N) is 3. The summed E-state index contributed by atoms with van der Waals surface area (Å²) in [6.07, 6.45) is -4.34. The predicted molar refractivity (Wildman–Crippen MR) is 138 cm³/mol. The standard InChI is InChI=1S/C26H20F3N5O4S/c27-26(28,29)17-7-9-18(10-8-17)30-24(36)31-19(12-15-4-2-1-3-5-15)22(35)32-25-34-33-23(39-25)16-6-11-20-21(13-16)38-14-37-20/h1-11,13,19H,12,14H2,(H2,30,31,36)(H,32,34,35)/t19-/m0/s1. The predicted octanol–water partition coefficient (Wildman–Crippen LogP) is 5.32. The maximum absolute atomic E-state index is 13.2. The third-order valence-corrected chi connectivity index (χ3v) is 6.54. The van der Waals surface area contributed by atoms with E-state index in [4.69, 9.17) is 9.47 Å². The van der Waals surface area contributed by atoms with Crippen LogP contribution in [0.2, 0.25) is 0 Å². The van der Waals surface area contributed by atoms with Crippen LogP contribution < -0.4 is 25.4 Å². The number of anilines is 2. The van der Waals surface area contributed by atoms with Crippen molar-refractivity contribution in [2.45, 2.75) is 18.6 Å². The van der Waals surface area contributed by atoms with Gasteiger partial charge < -0.3 is 20.1 Å². The van der Waals surface area contributed by atoms with Crippen molar-refractivity contribution in [3.63, 3.8) is 0 Å². The van der Waals surface area contributed by atoms with Crippen LogP contribution in [-0.4, -0.2) is 35.0 Å². The number of amides is 3. The van der Waals surface area contributed by atoms with Crippen LogP contribution in [0, 0.1) is 0 Å². The number of hydrogen-bond acceptors (Lipinski definition) is 7. The first-order valence-corrected chi connectivity index (χ1v) is 12.4. The van der Waals surface area contributed by atoms with E-state index in [1.54, 1.807) is 42.5 Å². The van der Waals surface area contributed by atoms with E-state index in [9.17, 15) is 22.8 Å². The number of nitrogens with zero attached hydrogens (tertiary/aromatic N) is 2. The van der Waals surface area contributed by atoms with Crippen molar-refractivity contribution in [1.29, 1.82) is 0 Å². The van der Waals surface area contributed by atoms with Gasteiger partial charge in [-0.15, -0.1) is 10.2 Å². The Morgan fingerprint density at radius 2 is 1.67 bits per heavy atom. The molecule has 9 nitrogen and oxygen atoms in total. The molecule has 3 aromatic carbocycles. The van der Waals surface area contributed by atoms with Crippen molar-refractivity contribution in [1.82, 2.24) is 15.5 Å². The molecule has 5 rings (SSSR count). The van der Waals surface area contributed by atoms with Gasteiger partial charge >= 0.3 is 12.2 Å². The number of benzene rings is 3. The second kappa shape index (κ2) is 11.0. The smallest absolute Gasteiger partial charge is 0.416 e. The molecule has 1 aromatic heterocycles. The number of halogens is 3. The highest BCUT2D eigenvalue weighted by molar-refractivity contribution is 7.18. The molecule has 13 heteroatoms. The van der Waals surface area contributed by atoms with Gasteiger partial charge in [-0.1, -0.05) is 41.7 Å². The van der Waals surface area contributed by atoms with Gasteiger partial charge in [0.15, 0.2) is 11.5 Å². The maximum Gasteiger partial charge on any atom is 0.416 e. The molecule has 0 radical (unpaired) electrons. The Hall–Kier alpha value is -4.65. The van der Waals surface area contributed by atoms with Crippen molar-refractivity contribution in [2.24, 2.45) is 0 Å². The number of ether oxygens (including phenoxy) is 2. The highest BCUT2D eigenvalue weighted by atomic mass is 32.1. The van der Waals surface area contributed by atoms with E-state index in [1.807, 2.05) is 6.07 Å². The molecule has 200 valence electrons. The van der Waals surface area contributed by atoms with Crippen LogP contribution >= 0.6 is 11.3 Å². The van der Waals surface area contributed by atoms with Crippen molar-refractivity contribution in [3.05, 3.63) is 83.9 Å². The Kier molecular flexibility index (Phi) is 7.32. The normalized spacial score (nSPS) is 13.0. The van der Waals surface area contributed by atoms with Crippen LogP contribution in [0.5, 0.6) is 11.5 Å². The first kappa shape index (κ1) is 26.0. The summed E-state index contributed by atoms with van der Waals surface area (Å²) < 4.78 is 49.1. The number of alkyl halides is 3. The zero-order chi connectivity index (χ0) is 27.4. The molecule has 4 aromatic rings. The summed E-state index contributed by atoms with van der Waals surface area (Å²) in [4.78, 5) is 25.8. The fraction of sp³-hybridized carbons (Fsp3) is 0.154. The van der Waals surface area contributed by atoms with Gasteiger partial charge in [0.25, 0.3) is 0 Å². The van der Waals surface area contributed by atoms with Gasteiger partial charge in [-0.2, -0.15) is 13.2 Å². The van der Waals surface area contributed by atoms with E-state index in [0.29, 0.717) is 16.5 Å². The summed E-state index contributed by atoms with van der Waals surface area (Å²) in [5.74, 6) is 0.662. The largest absolute Gasteiger partial charge is 0.454 e. The molecule has 2 heterocycles. The second-order valence-electron chi connectivity index (χ2n) is 8.39. The van der Waals surface area contributed by atoms with Gasteiger partial charge in [-0.25, -0.2) is 4.79 Å². The third-order valence-electron chi connectivity index (χ3n) is 5.65. The van der Waals surface area contributed by atoms with Gasteiger partial charge in [-0.3, -0.25) is 10.1 Å². The lowest BCUT2D eigenvalue weighted by Gasteiger charge is -2.18. The molecule has 1 aliphatic rings. The molecule has 0 spiro atoms. The summed E-state index contributed by atoms with van der Waals surface area (Å²) in [7, 11) is 0. The topological polar surface area (TPSA) is 114 Å². The van der Waals surface area contributed by atoms with Crippen LogP contribution in [0.3, 0.4) is 0 Å². The molecule has 0 bridgehead atoms. The van der Waals surface area contributed by atoms with Crippen molar-refractivity contribution in [3.8, 4) is 22.1 Å². The lowest BCUT2D eigenvalue weighted by Crippen LogP contribution is -2.46. The van der Waals surface area contributed by atoms with Crippen molar-refractivity contribution < 1.29 is 32.2 Å². The number of hydrogen-bond donors (Lipinski definition) is 3. The van der Waals surface area contributed by atoms with Crippen LogP contribution in [0.15, 0.2) is 72.8 Å².